The zero-order chi connectivity index (χ0) is 13.5. The van der Waals surface area contributed by atoms with Crippen molar-refractivity contribution >= 4 is 37.6 Å². The molecule has 3 aromatic rings. The Hall–Kier alpha value is -1.75. The SMILES string of the molecule is CC1CCCN(c2ncnc3c2sc2ncccc23)C1. The third-order valence-electron chi connectivity index (χ3n) is 3.97. The van der Waals surface area contributed by atoms with Crippen molar-refractivity contribution < 1.29 is 0 Å². The lowest BCUT2D eigenvalue weighted by Crippen LogP contribution is -2.34. The largest absolute Gasteiger partial charge is 0.355 e. The topological polar surface area (TPSA) is 41.9 Å². The molecule has 1 aliphatic rings. The maximum Gasteiger partial charge on any atom is 0.150 e. The van der Waals surface area contributed by atoms with Crippen LogP contribution in [0.1, 0.15) is 19.8 Å². The highest BCUT2D eigenvalue weighted by Gasteiger charge is 2.21. The second-order valence-corrected chi connectivity index (χ2v) is 6.53. The predicted octanol–water partition coefficient (Wildman–Crippen LogP) is 3.48. The third-order valence-corrected chi connectivity index (χ3v) is 5.07. The average molecular weight is 284 g/mol. The number of rotatable bonds is 1. The first-order chi connectivity index (χ1) is 9.83. The van der Waals surface area contributed by atoms with Crippen molar-refractivity contribution in [2.24, 2.45) is 5.92 Å². The number of aromatic nitrogens is 3. The molecule has 1 atom stereocenters. The van der Waals surface area contributed by atoms with Crippen LogP contribution >= 0.6 is 11.3 Å². The Morgan fingerprint density at radius 2 is 2.25 bits per heavy atom. The molecule has 1 unspecified atom stereocenters. The molecule has 0 aliphatic carbocycles. The number of nitrogens with zero attached hydrogens (tertiary/aromatic N) is 4. The van der Waals surface area contributed by atoms with Gasteiger partial charge in [0.25, 0.3) is 0 Å². The van der Waals surface area contributed by atoms with Gasteiger partial charge in [0.05, 0.1) is 10.2 Å². The molecule has 4 nitrogen and oxygen atoms in total. The smallest absolute Gasteiger partial charge is 0.150 e. The van der Waals surface area contributed by atoms with Gasteiger partial charge in [-0.3, -0.25) is 0 Å². The Kier molecular flexibility index (Phi) is 2.80. The minimum Gasteiger partial charge on any atom is -0.355 e. The molecule has 3 aromatic heterocycles. The summed E-state index contributed by atoms with van der Waals surface area (Å²) in [4.78, 5) is 16.9. The number of anilines is 1. The number of pyridine rings is 1. The third kappa shape index (κ3) is 1.85. The van der Waals surface area contributed by atoms with Crippen molar-refractivity contribution in [3.8, 4) is 0 Å². The molecule has 0 saturated carbocycles. The van der Waals surface area contributed by atoms with E-state index in [1.165, 1.54) is 17.5 Å². The number of hydrogen-bond acceptors (Lipinski definition) is 5. The summed E-state index contributed by atoms with van der Waals surface area (Å²) in [6, 6.07) is 4.07. The number of hydrogen-bond donors (Lipinski definition) is 0. The number of fused-ring (bicyclic) bond motifs is 3. The number of piperidine rings is 1. The van der Waals surface area contributed by atoms with Gasteiger partial charge >= 0.3 is 0 Å². The van der Waals surface area contributed by atoms with Gasteiger partial charge in [-0.05, 0) is 30.9 Å². The van der Waals surface area contributed by atoms with E-state index in [4.69, 9.17) is 0 Å². The van der Waals surface area contributed by atoms with E-state index in [2.05, 4.69) is 32.8 Å². The van der Waals surface area contributed by atoms with Crippen molar-refractivity contribution in [1.82, 2.24) is 15.0 Å². The Bertz CT molecular complexity index is 767. The van der Waals surface area contributed by atoms with Gasteiger partial charge in [-0.25, -0.2) is 15.0 Å². The van der Waals surface area contributed by atoms with Crippen LogP contribution in [0.4, 0.5) is 5.82 Å². The van der Waals surface area contributed by atoms with Crippen LogP contribution in [-0.2, 0) is 0 Å². The van der Waals surface area contributed by atoms with E-state index in [1.54, 1.807) is 17.7 Å². The van der Waals surface area contributed by atoms with E-state index in [1.807, 2.05) is 12.3 Å². The van der Waals surface area contributed by atoms with Crippen LogP contribution in [0.25, 0.3) is 20.4 Å². The zero-order valence-corrected chi connectivity index (χ0v) is 12.2. The van der Waals surface area contributed by atoms with Crippen molar-refractivity contribution in [1.29, 1.82) is 0 Å². The summed E-state index contributed by atoms with van der Waals surface area (Å²) in [7, 11) is 0. The molecular weight excluding hydrogens is 268 g/mol. The standard InChI is InChI=1S/C15H16N4S/c1-10-4-3-7-19(8-10)14-13-12(17-9-18-14)11-5-2-6-16-15(11)20-13/h2,5-6,9-10H,3-4,7-8H2,1H3. The van der Waals surface area contributed by atoms with Gasteiger partial charge < -0.3 is 4.90 Å². The first-order valence-corrected chi connectivity index (χ1v) is 7.88. The van der Waals surface area contributed by atoms with Crippen LogP contribution < -0.4 is 4.90 Å². The lowest BCUT2D eigenvalue weighted by Gasteiger charge is -2.31. The summed E-state index contributed by atoms with van der Waals surface area (Å²) in [5.41, 5.74) is 1.04. The molecule has 0 N–H and O–H groups in total. The molecule has 0 radical (unpaired) electrons. The second-order valence-electron chi connectivity index (χ2n) is 5.53. The minimum absolute atomic E-state index is 0.737. The van der Waals surface area contributed by atoms with Crippen LogP contribution in [-0.4, -0.2) is 28.0 Å². The molecule has 1 aliphatic heterocycles. The monoisotopic (exact) mass is 284 g/mol. The van der Waals surface area contributed by atoms with Gasteiger partial charge in [-0.15, -0.1) is 11.3 Å². The Labute approximate surface area is 121 Å². The van der Waals surface area contributed by atoms with Crippen molar-refractivity contribution in [2.45, 2.75) is 19.8 Å². The highest BCUT2D eigenvalue weighted by Crippen LogP contribution is 2.36. The maximum atomic E-state index is 4.56. The van der Waals surface area contributed by atoms with Crippen LogP contribution in [0.15, 0.2) is 24.7 Å². The van der Waals surface area contributed by atoms with E-state index in [-0.39, 0.29) is 0 Å². The van der Waals surface area contributed by atoms with Gasteiger partial charge in [-0.2, -0.15) is 0 Å². The molecule has 0 bridgehead atoms. The van der Waals surface area contributed by atoms with E-state index in [0.717, 1.165) is 40.6 Å². The van der Waals surface area contributed by atoms with Crippen LogP contribution in [0.3, 0.4) is 0 Å². The maximum absolute atomic E-state index is 4.56. The lowest BCUT2D eigenvalue weighted by atomic mass is 10.0. The molecule has 102 valence electrons. The number of thiophene rings is 1. The van der Waals surface area contributed by atoms with Crippen LogP contribution in [0, 0.1) is 5.92 Å². The summed E-state index contributed by atoms with van der Waals surface area (Å²) in [5.74, 6) is 1.82. The van der Waals surface area contributed by atoms with Crippen molar-refractivity contribution in [3.05, 3.63) is 24.7 Å². The molecule has 4 heterocycles. The first kappa shape index (κ1) is 12.0. The Morgan fingerprint density at radius 1 is 1.30 bits per heavy atom. The summed E-state index contributed by atoms with van der Waals surface area (Å²) in [6.07, 6.45) is 6.10. The Morgan fingerprint density at radius 3 is 3.15 bits per heavy atom. The van der Waals surface area contributed by atoms with Gasteiger partial charge in [0.15, 0.2) is 0 Å². The quantitative estimate of drug-likeness (QED) is 0.686. The van der Waals surface area contributed by atoms with Gasteiger partial charge in [0.2, 0.25) is 0 Å². The van der Waals surface area contributed by atoms with Crippen molar-refractivity contribution in [3.63, 3.8) is 0 Å². The molecule has 0 spiro atoms. The van der Waals surface area contributed by atoms with Crippen LogP contribution in [0.2, 0.25) is 0 Å². The lowest BCUT2D eigenvalue weighted by molar-refractivity contribution is 0.445. The predicted molar refractivity (Wildman–Crippen MR) is 83.3 cm³/mol. The zero-order valence-electron chi connectivity index (χ0n) is 11.4. The van der Waals surface area contributed by atoms with Gasteiger partial charge in [0.1, 0.15) is 17.0 Å². The molecule has 0 aromatic carbocycles. The molecule has 20 heavy (non-hydrogen) atoms. The molecular formula is C15H16N4S. The molecule has 1 fully saturated rings. The van der Waals surface area contributed by atoms with E-state index in [0.29, 0.717) is 0 Å². The summed E-state index contributed by atoms with van der Waals surface area (Å²) in [5, 5.41) is 1.14. The fourth-order valence-corrected chi connectivity index (χ4v) is 4.12. The highest BCUT2D eigenvalue weighted by atomic mass is 32.1. The van der Waals surface area contributed by atoms with Crippen LogP contribution in [0.5, 0.6) is 0 Å². The molecule has 4 rings (SSSR count). The van der Waals surface area contributed by atoms with E-state index in [9.17, 15) is 0 Å². The first-order valence-electron chi connectivity index (χ1n) is 7.06. The highest BCUT2D eigenvalue weighted by molar-refractivity contribution is 7.25. The van der Waals surface area contributed by atoms with Crippen molar-refractivity contribution in [2.75, 3.05) is 18.0 Å². The molecule has 5 heteroatoms. The van der Waals surface area contributed by atoms with Gasteiger partial charge in [0, 0.05) is 24.7 Å². The normalized spacial score (nSPS) is 19.9. The summed E-state index contributed by atoms with van der Waals surface area (Å²) >= 11 is 1.71. The summed E-state index contributed by atoms with van der Waals surface area (Å²) in [6.45, 7) is 4.50. The fraction of sp³-hybridized carbons (Fsp3) is 0.400. The molecule has 1 saturated heterocycles. The van der Waals surface area contributed by atoms with Gasteiger partial charge in [-0.1, -0.05) is 6.92 Å². The van der Waals surface area contributed by atoms with E-state index < -0.39 is 0 Å². The Balaban J connectivity index is 1.91. The van der Waals surface area contributed by atoms with E-state index >= 15 is 0 Å². The molecule has 0 amide bonds. The fourth-order valence-electron chi connectivity index (χ4n) is 3.01. The second kappa shape index (κ2) is 4.66. The summed E-state index contributed by atoms with van der Waals surface area (Å²) < 4.78 is 1.18. The minimum atomic E-state index is 0.737. The average Bonchev–Trinajstić information content (AvgIpc) is 2.86.